The van der Waals surface area contributed by atoms with Crippen molar-refractivity contribution in [3.63, 3.8) is 0 Å². The quantitative estimate of drug-likeness (QED) is 0.863. The van der Waals surface area contributed by atoms with Gasteiger partial charge in [-0.1, -0.05) is 5.16 Å². The van der Waals surface area contributed by atoms with Gasteiger partial charge in [-0.05, 0) is 30.7 Å². The van der Waals surface area contributed by atoms with E-state index in [0.29, 0.717) is 30.5 Å². The molecule has 1 aromatic heterocycles. The number of ether oxygens (including phenoxy) is 2. The summed E-state index contributed by atoms with van der Waals surface area (Å²) in [5.41, 5.74) is 0.657. The lowest BCUT2D eigenvalue weighted by atomic mass is 10.1. The molecule has 106 valence electrons. The van der Waals surface area contributed by atoms with E-state index in [2.05, 4.69) is 14.9 Å². The number of nitrogens with zero attached hydrogens (tertiary/aromatic N) is 2. The summed E-state index contributed by atoms with van der Waals surface area (Å²) in [4.78, 5) is 4.31. The van der Waals surface area contributed by atoms with Gasteiger partial charge >= 0.3 is 6.61 Å². The van der Waals surface area contributed by atoms with Gasteiger partial charge in [0.2, 0.25) is 0 Å². The van der Waals surface area contributed by atoms with Crippen LogP contribution in [0.3, 0.4) is 0 Å². The summed E-state index contributed by atoms with van der Waals surface area (Å²) >= 11 is 0. The Balaban J connectivity index is 1.75. The van der Waals surface area contributed by atoms with Gasteiger partial charge < -0.3 is 14.0 Å². The number of hydrogen-bond acceptors (Lipinski definition) is 5. The van der Waals surface area contributed by atoms with Gasteiger partial charge in [0.25, 0.3) is 5.89 Å². The summed E-state index contributed by atoms with van der Waals surface area (Å²) in [5, 5.41) is 3.93. The first-order valence-electron chi connectivity index (χ1n) is 6.19. The summed E-state index contributed by atoms with van der Waals surface area (Å²) in [5.74, 6) is 1.22. The average Bonchev–Trinajstić information content (AvgIpc) is 3.10. The zero-order valence-electron chi connectivity index (χ0n) is 10.5. The zero-order chi connectivity index (χ0) is 13.9. The average molecular weight is 282 g/mol. The number of rotatable bonds is 4. The number of aromatic nitrogens is 2. The Bertz CT molecular complexity index is 565. The van der Waals surface area contributed by atoms with Crippen molar-refractivity contribution >= 4 is 0 Å². The second kappa shape index (κ2) is 5.54. The summed E-state index contributed by atoms with van der Waals surface area (Å²) in [7, 11) is 0. The molecule has 0 saturated carbocycles. The molecule has 7 heteroatoms. The van der Waals surface area contributed by atoms with Crippen molar-refractivity contribution in [2.75, 3.05) is 13.2 Å². The van der Waals surface area contributed by atoms with Crippen LogP contribution in [0.4, 0.5) is 8.78 Å². The molecule has 1 fully saturated rings. The van der Waals surface area contributed by atoms with Gasteiger partial charge in [-0.15, -0.1) is 0 Å². The minimum absolute atomic E-state index is 0.0904. The van der Waals surface area contributed by atoms with E-state index in [9.17, 15) is 8.78 Å². The van der Waals surface area contributed by atoms with Crippen LogP contribution in [-0.4, -0.2) is 30.0 Å². The second-order valence-electron chi connectivity index (χ2n) is 4.42. The molecule has 0 bridgehead atoms. The molecule has 20 heavy (non-hydrogen) atoms. The van der Waals surface area contributed by atoms with Crippen LogP contribution in [0.2, 0.25) is 0 Å². The van der Waals surface area contributed by atoms with Gasteiger partial charge in [0, 0.05) is 18.1 Å². The lowest BCUT2D eigenvalue weighted by Gasteiger charge is -2.03. The second-order valence-corrected chi connectivity index (χ2v) is 4.42. The molecule has 2 aromatic rings. The van der Waals surface area contributed by atoms with Gasteiger partial charge in [0.05, 0.1) is 6.61 Å². The van der Waals surface area contributed by atoms with Crippen molar-refractivity contribution in [3.8, 4) is 17.2 Å². The lowest BCUT2D eigenvalue weighted by Crippen LogP contribution is -2.01. The van der Waals surface area contributed by atoms with Gasteiger partial charge in [0.15, 0.2) is 5.82 Å². The van der Waals surface area contributed by atoms with E-state index in [4.69, 9.17) is 9.26 Å². The standard InChI is InChI=1S/C13H12F2N2O3/c14-13(15)19-10-3-1-8(2-4-10)12-16-11(17-20-12)9-5-6-18-7-9/h1-4,9,13H,5-7H2/t9-/m1/s1. The molecule has 0 radical (unpaired) electrons. The largest absolute Gasteiger partial charge is 0.435 e. The maximum atomic E-state index is 12.0. The van der Waals surface area contributed by atoms with Gasteiger partial charge in [-0.25, -0.2) is 0 Å². The van der Waals surface area contributed by atoms with Crippen LogP contribution in [0.5, 0.6) is 5.75 Å². The molecule has 0 spiro atoms. The fraction of sp³-hybridized carbons (Fsp3) is 0.385. The molecule has 0 unspecified atom stereocenters. The Morgan fingerprint density at radius 3 is 2.70 bits per heavy atom. The molecule has 3 rings (SSSR count). The molecule has 1 saturated heterocycles. The topological polar surface area (TPSA) is 57.4 Å². The smallest absolute Gasteiger partial charge is 0.387 e. The number of alkyl halides is 2. The van der Waals surface area contributed by atoms with Crippen LogP contribution < -0.4 is 4.74 Å². The molecule has 0 N–H and O–H groups in total. The Kier molecular flexibility index (Phi) is 3.60. The Labute approximate surface area is 113 Å². The fourth-order valence-corrected chi connectivity index (χ4v) is 2.04. The first kappa shape index (κ1) is 13.0. The SMILES string of the molecule is FC(F)Oc1ccc(-c2nc([C@@H]3CCOC3)no2)cc1. The van der Waals surface area contributed by atoms with Crippen LogP contribution in [0.25, 0.3) is 11.5 Å². The van der Waals surface area contributed by atoms with E-state index in [1.165, 1.54) is 12.1 Å². The van der Waals surface area contributed by atoms with Crippen LogP contribution in [0.1, 0.15) is 18.2 Å². The number of halogens is 2. The summed E-state index contributed by atoms with van der Waals surface area (Å²) < 4.78 is 38.8. The van der Waals surface area contributed by atoms with E-state index in [1.807, 2.05) is 0 Å². The predicted molar refractivity (Wildman–Crippen MR) is 64.5 cm³/mol. The highest BCUT2D eigenvalue weighted by Crippen LogP contribution is 2.26. The van der Waals surface area contributed by atoms with Crippen molar-refractivity contribution < 1.29 is 22.8 Å². The molecule has 0 aliphatic carbocycles. The third-order valence-electron chi connectivity index (χ3n) is 3.06. The van der Waals surface area contributed by atoms with Crippen LogP contribution in [0, 0.1) is 0 Å². The van der Waals surface area contributed by atoms with E-state index < -0.39 is 6.61 Å². The van der Waals surface area contributed by atoms with E-state index in [-0.39, 0.29) is 11.7 Å². The molecular formula is C13H12F2N2O3. The summed E-state index contributed by atoms with van der Waals surface area (Å²) in [6.45, 7) is -1.54. The van der Waals surface area contributed by atoms with Gasteiger partial charge in [-0.2, -0.15) is 13.8 Å². The molecule has 1 aromatic carbocycles. The van der Waals surface area contributed by atoms with E-state index in [0.717, 1.165) is 6.42 Å². The summed E-state index contributed by atoms with van der Waals surface area (Å²) in [6.07, 6.45) is 0.875. The van der Waals surface area contributed by atoms with Crippen molar-refractivity contribution in [2.24, 2.45) is 0 Å². The van der Waals surface area contributed by atoms with Crippen molar-refractivity contribution in [1.29, 1.82) is 0 Å². The van der Waals surface area contributed by atoms with E-state index >= 15 is 0 Å². The van der Waals surface area contributed by atoms with Crippen LogP contribution >= 0.6 is 0 Å². The highest BCUT2D eigenvalue weighted by atomic mass is 19.3. The Morgan fingerprint density at radius 2 is 2.05 bits per heavy atom. The highest BCUT2D eigenvalue weighted by Gasteiger charge is 2.23. The molecule has 0 amide bonds. The predicted octanol–water partition coefficient (Wildman–Crippen LogP) is 2.84. The summed E-state index contributed by atoms with van der Waals surface area (Å²) in [6, 6.07) is 6.06. The normalized spacial score (nSPS) is 18.6. The molecular weight excluding hydrogens is 270 g/mol. The molecule has 1 aliphatic rings. The molecule has 2 heterocycles. The highest BCUT2D eigenvalue weighted by molar-refractivity contribution is 5.54. The zero-order valence-corrected chi connectivity index (χ0v) is 10.5. The third-order valence-corrected chi connectivity index (χ3v) is 3.06. The lowest BCUT2D eigenvalue weighted by molar-refractivity contribution is -0.0498. The molecule has 1 aliphatic heterocycles. The van der Waals surface area contributed by atoms with E-state index in [1.54, 1.807) is 12.1 Å². The Morgan fingerprint density at radius 1 is 1.25 bits per heavy atom. The van der Waals surface area contributed by atoms with Gasteiger partial charge in [0.1, 0.15) is 5.75 Å². The van der Waals surface area contributed by atoms with Gasteiger partial charge in [-0.3, -0.25) is 0 Å². The Hall–Kier alpha value is -2.02. The minimum Gasteiger partial charge on any atom is -0.435 e. The maximum absolute atomic E-state index is 12.0. The van der Waals surface area contributed by atoms with Crippen LogP contribution in [-0.2, 0) is 4.74 Å². The first-order chi connectivity index (χ1) is 9.72. The maximum Gasteiger partial charge on any atom is 0.387 e. The van der Waals surface area contributed by atoms with Crippen LogP contribution in [0.15, 0.2) is 28.8 Å². The number of hydrogen-bond donors (Lipinski definition) is 0. The monoisotopic (exact) mass is 282 g/mol. The first-order valence-corrected chi connectivity index (χ1v) is 6.19. The van der Waals surface area contributed by atoms with Crippen molar-refractivity contribution in [1.82, 2.24) is 10.1 Å². The fourth-order valence-electron chi connectivity index (χ4n) is 2.04. The van der Waals surface area contributed by atoms with Crippen molar-refractivity contribution in [2.45, 2.75) is 19.0 Å². The number of benzene rings is 1. The van der Waals surface area contributed by atoms with Crippen molar-refractivity contribution in [3.05, 3.63) is 30.1 Å². The minimum atomic E-state index is -2.83. The molecule has 5 nitrogen and oxygen atoms in total. The molecule has 1 atom stereocenters. The third kappa shape index (κ3) is 2.77.